The van der Waals surface area contributed by atoms with Crippen LogP contribution in [0, 0.1) is 17.5 Å². The number of para-hydroxylation sites is 2. The van der Waals surface area contributed by atoms with Crippen LogP contribution in [0.3, 0.4) is 0 Å². The van der Waals surface area contributed by atoms with Gasteiger partial charge in [0.2, 0.25) is 5.95 Å². The third-order valence-corrected chi connectivity index (χ3v) is 5.61. The summed E-state index contributed by atoms with van der Waals surface area (Å²) in [6.45, 7) is 0.549. The highest BCUT2D eigenvalue weighted by Crippen LogP contribution is 2.31. The van der Waals surface area contributed by atoms with Crippen molar-refractivity contribution < 1.29 is 22.6 Å². The van der Waals surface area contributed by atoms with E-state index in [1.807, 2.05) is 12.1 Å². The number of aromatic amines is 1. The van der Waals surface area contributed by atoms with Crippen LogP contribution < -0.4 is 20.3 Å². The van der Waals surface area contributed by atoms with Crippen LogP contribution in [0.25, 0.3) is 27.6 Å². The molecule has 1 aliphatic heterocycles. The van der Waals surface area contributed by atoms with E-state index in [0.717, 1.165) is 4.57 Å². The fourth-order valence-corrected chi connectivity index (χ4v) is 3.95. The molecule has 1 aliphatic rings. The maximum Gasteiger partial charge on any atom is 0.267 e. The van der Waals surface area contributed by atoms with Gasteiger partial charge in [-0.05, 0) is 12.1 Å². The Bertz CT molecular complexity index is 1670. The summed E-state index contributed by atoms with van der Waals surface area (Å²) in [6, 6.07) is 8.25. The number of pyridine rings is 1. The van der Waals surface area contributed by atoms with Crippen LogP contribution in [-0.2, 0) is 0 Å². The molecule has 6 rings (SSSR count). The number of nitrogens with zero attached hydrogens (tertiary/aromatic N) is 4. The molecule has 1 unspecified atom stereocenters. The molecule has 0 radical (unpaired) electrons. The molecule has 12 heteroatoms. The Kier molecular flexibility index (Phi) is 4.80. The Hall–Kier alpha value is -4.61. The summed E-state index contributed by atoms with van der Waals surface area (Å²) in [5, 5.41) is 10.0. The van der Waals surface area contributed by atoms with Gasteiger partial charge in [0.25, 0.3) is 5.56 Å². The Morgan fingerprint density at radius 1 is 1.06 bits per heavy atom. The zero-order chi connectivity index (χ0) is 24.1. The van der Waals surface area contributed by atoms with Gasteiger partial charge in [0.1, 0.15) is 18.5 Å². The van der Waals surface area contributed by atoms with Crippen molar-refractivity contribution in [1.29, 1.82) is 0 Å². The second kappa shape index (κ2) is 8.01. The average Bonchev–Trinajstić information content (AvgIpc) is 3.36. The lowest BCUT2D eigenvalue weighted by atomic mass is 10.2. The van der Waals surface area contributed by atoms with Gasteiger partial charge in [0.05, 0.1) is 34.7 Å². The molecular formula is C23H15F3N6O3. The number of hydrogen-bond acceptors (Lipinski definition) is 7. The molecule has 0 spiro atoms. The zero-order valence-corrected chi connectivity index (χ0v) is 17.8. The molecule has 2 aromatic carbocycles. The number of benzene rings is 2. The van der Waals surface area contributed by atoms with Crippen LogP contribution in [0.1, 0.15) is 0 Å². The fraction of sp³-hybridized carbons (Fsp3) is 0.130. The van der Waals surface area contributed by atoms with E-state index < -0.39 is 28.7 Å². The minimum atomic E-state index is -1.37. The second-order valence-corrected chi connectivity index (χ2v) is 7.83. The zero-order valence-electron chi connectivity index (χ0n) is 17.8. The van der Waals surface area contributed by atoms with Crippen LogP contribution >= 0.6 is 0 Å². The highest BCUT2D eigenvalue weighted by molar-refractivity contribution is 6.02. The molecule has 0 saturated heterocycles. The van der Waals surface area contributed by atoms with Crippen LogP contribution in [0.2, 0.25) is 0 Å². The summed E-state index contributed by atoms with van der Waals surface area (Å²) >= 11 is 0. The molecule has 0 saturated carbocycles. The topological polar surface area (TPSA) is 107 Å². The first-order valence-corrected chi connectivity index (χ1v) is 10.5. The Labute approximate surface area is 194 Å². The van der Waals surface area contributed by atoms with E-state index in [1.54, 1.807) is 12.1 Å². The Morgan fingerprint density at radius 3 is 2.71 bits per heavy atom. The second-order valence-electron chi connectivity index (χ2n) is 7.83. The fourth-order valence-electron chi connectivity index (χ4n) is 3.95. The maximum absolute atomic E-state index is 14.7. The number of rotatable bonds is 4. The van der Waals surface area contributed by atoms with Gasteiger partial charge in [0.15, 0.2) is 28.8 Å². The van der Waals surface area contributed by atoms with Crippen molar-refractivity contribution in [2.45, 2.75) is 6.10 Å². The van der Waals surface area contributed by atoms with Crippen LogP contribution in [0.15, 0.2) is 53.6 Å². The molecule has 0 fully saturated rings. The lowest BCUT2D eigenvalue weighted by Crippen LogP contribution is -2.35. The van der Waals surface area contributed by atoms with E-state index >= 15 is 0 Å². The van der Waals surface area contributed by atoms with Gasteiger partial charge < -0.3 is 14.8 Å². The van der Waals surface area contributed by atoms with Gasteiger partial charge in [-0.3, -0.25) is 14.5 Å². The first-order valence-electron chi connectivity index (χ1n) is 10.5. The first kappa shape index (κ1) is 21.0. The van der Waals surface area contributed by atoms with Crippen molar-refractivity contribution in [1.82, 2.24) is 24.7 Å². The molecule has 0 bridgehead atoms. The highest BCUT2D eigenvalue weighted by Gasteiger charge is 2.22. The molecule has 176 valence electrons. The van der Waals surface area contributed by atoms with Crippen molar-refractivity contribution in [3.8, 4) is 17.2 Å². The van der Waals surface area contributed by atoms with Gasteiger partial charge in [-0.1, -0.05) is 12.1 Å². The van der Waals surface area contributed by atoms with Crippen molar-refractivity contribution in [3.63, 3.8) is 0 Å². The smallest absolute Gasteiger partial charge is 0.267 e. The highest BCUT2D eigenvalue weighted by atomic mass is 19.2. The van der Waals surface area contributed by atoms with Crippen molar-refractivity contribution >= 4 is 27.9 Å². The number of halogens is 3. The molecule has 35 heavy (non-hydrogen) atoms. The van der Waals surface area contributed by atoms with E-state index in [4.69, 9.17) is 9.47 Å². The average molecular weight is 480 g/mol. The molecule has 9 nitrogen and oxygen atoms in total. The third kappa shape index (κ3) is 3.50. The maximum atomic E-state index is 14.7. The number of hydrogen-bond donors (Lipinski definition) is 2. The van der Waals surface area contributed by atoms with E-state index in [-0.39, 0.29) is 36.2 Å². The quantitative estimate of drug-likeness (QED) is 0.380. The number of fused-ring (bicyclic) bond motifs is 4. The van der Waals surface area contributed by atoms with Crippen molar-refractivity contribution in [2.24, 2.45) is 0 Å². The summed E-state index contributed by atoms with van der Waals surface area (Å²) < 4.78 is 54.7. The SMILES string of the molecule is O=c1c2cn[nH]c2c2cnc(NCC3COc4ccccc4O3)nc2n1-c1cc(F)c(F)cc1F. The summed E-state index contributed by atoms with van der Waals surface area (Å²) in [5.74, 6) is -2.46. The Morgan fingerprint density at radius 2 is 1.86 bits per heavy atom. The molecule has 0 amide bonds. The molecule has 0 aliphatic carbocycles. The van der Waals surface area contributed by atoms with Crippen LogP contribution in [0.4, 0.5) is 19.1 Å². The summed E-state index contributed by atoms with van der Waals surface area (Å²) in [4.78, 5) is 21.8. The normalized spacial score (nSPS) is 15.0. The number of ether oxygens (including phenoxy) is 2. The van der Waals surface area contributed by atoms with Crippen LogP contribution in [0.5, 0.6) is 11.5 Å². The summed E-state index contributed by atoms with van der Waals surface area (Å²) in [7, 11) is 0. The third-order valence-electron chi connectivity index (χ3n) is 5.61. The molecule has 3 aromatic heterocycles. The minimum Gasteiger partial charge on any atom is -0.486 e. The number of nitrogens with one attached hydrogen (secondary N) is 2. The predicted octanol–water partition coefficient (Wildman–Crippen LogP) is 3.33. The lowest BCUT2D eigenvalue weighted by molar-refractivity contribution is 0.0996. The first-order chi connectivity index (χ1) is 17.0. The van der Waals surface area contributed by atoms with Gasteiger partial charge in [-0.2, -0.15) is 10.1 Å². The minimum absolute atomic E-state index is 0.0275. The molecule has 1 atom stereocenters. The standard InChI is InChI=1S/C23H15F3N6O3/c24-14-5-16(26)17(6-15(14)25)32-21-12(20-13(22(32)33)9-29-31-20)8-28-23(30-21)27-7-11-10-34-18-3-1-2-4-19(18)35-11/h1-6,8-9,11H,7,10H2,(H,29,31)(H,27,28,30). The monoisotopic (exact) mass is 480 g/mol. The van der Waals surface area contributed by atoms with Gasteiger partial charge in [-0.15, -0.1) is 0 Å². The van der Waals surface area contributed by atoms with Crippen molar-refractivity contribution in [2.75, 3.05) is 18.5 Å². The molecular weight excluding hydrogens is 465 g/mol. The van der Waals surface area contributed by atoms with Crippen LogP contribution in [-0.4, -0.2) is 44.0 Å². The molecule has 2 N–H and O–H groups in total. The Balaban J connectivity index is 1.41. The van der Waals surface area contributed by atoms with Crippen molar-refractivity contribution in [3.05, 3.63) is 76.6 Å². The van der Waals surface area contributed by atoms with Gasteiger partial charge in [-0.25, -0.2) is 18.2 Å². The van der Waals surface area contributed by atoms with E-state index in [9.17, 15) is 18.0 Å². The summed E-state index contributed by atoms with van der Waals surface area (Å²) in [5.41, 5.74) is -0.902. The van der Waals surface area contributed by atoms with E-state index in [1.165, 1.54) is 12.4 Å². The number of H-pyrrole nitrogens is 1. The molecule has 4 heterocycles. The molecule has 5 aromatic rings. The largest absolute Gasteiger partial charge is 0.486 e. The number of anilines is 1. The summed E-state index contributed by atoms with van der Waals surface area (Å²) in [6.07, 6.45) is 2.33. The van der Waals surface area contributed by atoms with Gasteiger partial charge >= 0.3 is 0 Å². The van der Waals surface area contributed by atoms with E-state index in [2.05, 4.69) is 25.5 Å². The van der Waals surface area contributed by atoms with Gasteiger partial charge in [0, 0.05) is 18.3 Å². The number of aromatic nitrogens is 5. The van der Waals surface area contributed by atoms with E-state index in [0.29, 0.717) is 34.5 Å². The lowest BCUT2D eigenvalue weighted by Gasteiger charge is -2.26. The predicted molar refractivity (Wildman–Crippen MR) is 120 cm³/mol.